The Morgan fingerprint density at radius 2 is 0.711 bits per heavy atom. The number of fused-ring (bicyclic) bond motifs is 6. The molecule has 9 rings (SSSR count). The highest BCUT2D eigenvalue weighted by atomic mass is 15.0. The molecule has 2 aromatic heterocycles. The molecule has 2 heteroatoms. The fourth-order valence-electron chi connectivity index (χ4n) is 7.09. The molecule has 0 bridgehead atoms. The molecule has 0 atom stereocenters. The summed E-state index contributed by atoms with van der Waals surface area (Å²) in [7, 11) is 0. The van der Waals surface area contributed by atoms with Gasteiger partial charge in [-0.25, -0.2) is 0 Å². The zero-order chi connectivity index (χ0) is 29.9. The second-order valence-corrected chi connectivity index (χ2v) is 11.9. The molecule has 9 aromatic rings. The molecular formula is C43H30N2. The Balaban J connectivity index is 1.22. The van der Waals surface area contributed by atoms with Gasteiger partial charge in [0.15, 0.2) is 0 Å². The SMILES string of the molecule is Cc1ccc(-c2cc(-n3c4ccccc4c4ccccc43)ccc2-c2ccc(-n3c4ccccc4c4ccccc43)cc2)cc1. The Morgan fingerprint density at radius 1 is 0.333 bits per heavy atom. The molecular weight excluding hydrogens is 544 g/mol. The van der Waals surface area contributed by atoms with Crippen LogP contribution in [0.4, 0.5) is 0 Å². The van der Waals surface area contributed by atoms with E-state index in [1.165, 1.54) is 71.4 Å². The van der Waals surface area contributed by atoms with Crippen LogP contribution in [0.5, 0.6) is 0 Å². The van der Waals surface area contributed by atoms with Crippen LogP contribution in [-0.2, 0) is 0 Å². The van der Waals surface area contributed by atoms with Gasteiger partial charge in [-0.15, -0.1) is 0 Å². The third-order valence-electron chi connectivity index (χ3n) is 9.22. The van der Waals surface area contributed by atoms with Crippen LogP contribution in [0.25, 0.3) is 77.2 Å². The fourth-order valence-corrected chi connectivity index (χ4v) is 7.09. The lowest BCUT2D eigenvalue weighted by molar-refractivity contribution is 1.18. The quantitative estimate of drug-likeness (QED) is 0.198. The predicted molar refractivity (Wildman–Crippen MR) is 191 cm³/mol. The number of hydrogen-bond donors (Lipinski definition) is 0. The summed E-state index contributed by atoms with van der Waals surface area (Å²) in [6.07, 6.45) is 0. The molecule has 0 fully saturated rings. The first-order chi connectivity index (χ1) is 22.2. The van der Waals surface area contributed by atoms with Crippen molar-refractivity contribution in [3.63, 3.8) is 0 Å². The Labute approximate surface area is 262 Å². The van der Waals surface area contributed by atoms with Gasteiger partial charge in [-0.1, -0.05) is 121 Å². The topological polar surface area (TPSA) is 9.86 Å². The summed E-state index contributed by atoms with van der Waals surface area (Å²) in [5.41, 5.74) is 13.3. The third kappa shape index (κ3) is 4.03. The van der Waals surface area contributed by atoms with Gasteiger partial charge >= 0.3 is 0 Å². The number of rotatable bonds is 4. The highest BCUT2D eigenvalue weighted by Gasteiger charge is 2.16. The van der Waals surface area contributed by atoms with Crippen LogP contribution in [-0.4, -0.2) is 9.13 Å². The van der Waals surface area contributed by atoms with E-state index < -0.39 is 0 Å². The summed E-state index contributed by atoms with van der Waals surface area (Å²) in [5.74, 6) is 0. The summed E-state index contributed by atoms with van der Waals surface area (Å²) in [6, 6.07) is 59.7. The molecule has 0 unspecified atom stereocenters. The van der Waals surface area contributed by atoms with E-state index >= 15 is 0 Å². The summed E-state index contributed by atoms with van der Waals surface area (Å²) in [6.45, 7) is 2.15. The molecule has 2 heterocycles. The lowest BCUT2D eigenvalue weighted by atomic mass is 9.93. The number of benzene rings is 7. The highest BCUT2D eigenvalue weighted by molar-refractivity contribution is 6.10. The number of nitrogens with zero attached hydrogens (tertiary/aromatic N) is 2. The van der Waals surface area contributed by atoms with Gasteiger partial charge in [0.05, 0.1) is 22.1 Å². The number of hydrogen-bond acceptors (Lipinski definition) is 0. The normalized spacial score (nSPS) is 11.7. The standard InChI is InChI=1S/C43H30N2/c1-29-18-20-31(21-19-29)39-28-33(45-42-16-8-4-12-37(42)38-13-5-9-17-43(38)45)26-27-34(39)30-22-24-32(25-23-30)44-40-14-6-2-10-35(40)36-11-3-7-15-41(36)44/h2-28H,1H3. The molecule has 0 radical (unpaired) electrons. The lowest BCUT2D eigenvalue weighted by Gasteiger charge is -2.16. The van der Waals surface area contributed by atoms with Crippen LogP contribution in [0, 0.1) is 6.92 Å². The van der Waals surface area contributed by atoms with Crippen LogP contribution in [0.1, 0.15) is 5.56 Å². The average Bonchev–Trinajstić information content (AvgIpc) is 3.62. The molecule has 0 aliphatic rings. The molecule has 7 aromatic carbocycles. The fraction of sp³-hybridized carbons (Fsp3) is 0.0233. The van der Waals surface area contributed by atoms with E-state index in [-0.39, 0.29) is 0 Å². The molecule has 0 amide bonds. The van der Waals surface area contributed by atoms with E-state index in [1.807, 2.05) is 0 Å². The smallest absolute Gasteiger partial charge is 0.0541 e. The Morgan fingerprint density at radius 3 is 1.20 bits per heavy atom. The summed E-state index contributed by atoms with van der Waals surface area (Å²) in [4.78, 5) is 0. The van der Waals surface area contributed by atoms with Gasteiger partial charge in [0.2, 0.25) is 0 Å². The van der Waals surface area contributed by atoms with Gasteiger partial charge in [-0.05, 0) is 77.7 Å². The van der Waals surface area contributed by atoms with Crippen LogP contribution < -0.4 is 0 Å². The van der Waals surface area contributed by atoms with E-state index in [0.717, 1.165) is 11.4 Å². The first-order valence-electron chi connectivity index (χ1n) is 15.5. The monoisotopic (exact) mass is 574 g/mol. The van der Waals surface area contributed by atoms with Gasteiger partial charge in [0, 0.05) is 32.9 Å². The Bertz CT molecular complexity index is 2420. The maximum Gasteiger partial charge on any atom is 0.0541 e. The van der Waals surface area contributed by atoms with Crippen LogP contribution >= 0.6 is 0 Å². The second-order valence-electron chi connectivity index (χ2n) is 11.9. The molecule has 0 spiro atoms. The number of aryl methyl sites for hydroxylation is 1. The largest absolute Gasteiger partial charge is 0.309 e. The molecule has 2 nitrogen and oxygen atoms in total. The van der Waals surface area contributed by atoms with Crippen molar-refractivity contribution in [1.29, 1.82) is 0 Å². The molecule has 0 aliphatic carbocycles. The lowest BCUT2D eigenvalue weighted by Crippen LogP contribution is -1.97. The van der Waals surface area contributed by atoms with Crippen molar-refractivity contribution in [2.24, 2.45) is 0 Å². The van der Waals surface area contributed by atoms with Crippen molar-refractivity contribution in [2.45, 2.75) is 6.92 Å². The van der Waals surface area contributed by atoms with Crippen molar-refractivity contribution >= 4 is 43.6 Å². The molecule has 0 aliphatic heterocycles. The highest BCUT2D eigenvalue weighted by Crippen LogP contribution is 2.39. The van der Waals surface area contributed by atoms with Gasteiger partial charge < -0.3 is 9.13 Å². The van der Waals surface area contributed by atoms with Gasteiger partial charge in [-0.3, -0.25) is 0 Å². The first-order valence-corrected chi connectivity index (χ1v) is 15.5. The Hall–Kier alpha value is -5.86. The average molecular weight is 575 g/mol. The zero-order valence-corrected chi connectivity index (χ0v) is 25.0. The van der Waals surface area contributed by atoms with E-state index in [1.54, 1.807) is 0 Å². The van der Waals surface area contributed by atoms with E-state index in [0.29, 0.717) is 0 Å². The van der Waals surface area contributed by atoms with E-state index in [9.17, 15) is 0 Å². The van der Waals surface area contributed by atoms with Gasteiger partial charge in [0.1, 0.15) is 0 Å². The third-order valence-corrected chi connectivity index (χ3v) is 9.22. The van der Waals surface area contributed by atoms with Crippen molar-refractivity contribution < 1.29 is 0 Å². The number of para-hydroxylation sites is 4. The van der Waals surface area contributed by atoms with Crippen LogP contribution in [0.15, 0.2) is 164 Å². The maximum absolute atomic E-state index is 2.40. The molecule has 45 heavy (non-hydrogen) atoms. The van der Waals surface area contributed by atoms with Crippen molar-refractivity contribution in [3.8, 4) is 33.6 Å². The van der Waals surface area contributed by atoms with Gasteiger partial charge in [0.25, 0.3) is 0 Å². The molecule has 0 N–H and O–H groups in total. The first kappa shape index (κ1) is 25.6. The predicted octanol–water partition coefficient (Wildman–Crippen LogP) is 11.5. The van der Waals surface area contributed by atoms with E-state index in [2.05, 4.69) is 180 Å². The van der Waals surface area contributed by atoms with Gasteiger partial charge in [-0.2, -0.15) is 0 Å². The molecule has 0 saturated heterocycles. The van der Waals surface area contributed by atoms with Crippen molar-refractivity contribution in [1.82, 2.24) is 9.13 Å². The molecule has 212 valence electrons. The van der Waals surface area contributed by atoms with Crippen molar-refractivity contribution in [3.05, 3.63) is 169 Å². The zero-order valence-electron chi connectivity index (χ0n) is 25.0. The maximum atomic E-state index is 2.40. The van der Waals surface area contributed by atoms with Crippen LogP contribution in [0.3, 0.4) is 0 Å². The minimum Gasteiger partial charge on any atom is -0.309 e. The minimum absolute atomic E-state index is 1.16. The summed E-state index contributed by atoms with van der Waals surface area (Å²) >= 11 is 0. The molecule has 0 saturated carbocycles. The minimum atomic E-state index is 1.16. The van der Waals surface area contributed by atoms with E-state index in [4.69, 9.17) is 0 Å². The Kier molecular flexibility index (Phi) is 5.76. The summed E-state index contributed by atoms with van der Waals surface area (Å²) in [5, 5.41) is 5.10. The number of aromatic nitrogens is 2. The second kappa shape index (κ2) is 10.1. The van der Waals surface area contributed by atoms with Crippen LogP contribution in [0.2, 0.25) is 0 Å². The van der Waals surface area contributed by atoms with Crippen molar-refractivity contribution in [2.75, 3.05) is 0 Å². The summed E-state index contributed by atoms with van der Waals surface area (Å²) < 4.78 is 4.78.